The summed E-state index contributed by atoms with van der Waals surface area (Å²) in [6.07, 6.45) is 4.88. The lowest BCUT2D eigenvalue weighted by atomic mass is 9.45. The summed E-state index contributed by atoms with van der Waals surface area (Å²) in [5.41, 5.74) is -0.698. The Hall–Kier alpha value is -2.84. The zero-order chi connectivity index (χ0) is 29.6. The number of amides is 1. The number of allylic oxidation sites excluding steroid dienone is 1. The number of benzene rings is 1. The first-order chi connectivity index (χ1) is 19.4. The summed E-state index contributed by atoms with van der Waals surface area (Å²) in [6, 6.07) is 9.30. The molecule has 8 atom stereocenters. The molecule has 3 N–H and O–H groups in total. The molecule has 222 valence electrons. The fourth-order valence-corrected chi connectivity index (χ4v) is 8.84. The first-order valence-corrected chi connectivity index (χ1v) is 15.1. The van der Waals surface area contributed by atoms with Crippen LogP contribution in [0.3, 0.4) is 0 Å². The quantitative estimate of drug-likeness (QED) is 0.407. The molecule has 8 nitrogen and oxygen atoms in total. The van der Waals surface area contributed by atoms with Gasteiger partial charge in [-0.1, -0.05) is 49.8 Å². The maximum atomic E-state index is 13.4. The second-order valence-corrected chi connectivity index (χ2v) is 13.3. The number of fused-ring (bicyclic) bond motifs is 5. The highest BCUT2D eigenvalue weighted by Gasteiger charge is 2.68. The standard InChI is InChI=1S/C33H43NO7/c1-20(21-7-5-4-6-8-21)34-28(38)11-12-29(39)41-19-27(37)33(40)16-14-25-24-10-9-22-17-23(35)13-15-31(22,2)30(24)26(36)18-32(25,33)3/h4-8,17,20,24-26,30,36,40H,9-16,18-19H2,1-3H3,(H,34,38)/t20-,24+,25+,26+,30-,31+,32+,33+/m1/s1. The number of nitrogens with one attached hydrogen (secondary N) is 1. The number of ether oxygens (including phenoxy) is 1. The number of carbonyl (C=O) groups excluding carboxylic acids is 4. The molecule has 0 aliphatic heterocycles. The zero-order valence-electron chi connectivity index (χ0n) is 24.4. The van der Waals surface area contributed by atoms with E-state index in [1.807, 2.05) is 44.2 Å². The van der Waals surface area contributed by atoms with Gasteiger partial charge in [0.05, 0.1) is 18.6 Å². The predicted molar refractivity (Wildman–Crippen MR) is 151 cm³/mol. The fraction of sp³-hybridized carbons (Fsp3) is 0.636. The molecule has 3 saturated carbocycles. The summed E-state index contributed by atoms with van der Waals surface area (Å²) < 4.78 is 5.25. The second-order valence-electron chi connectivity index (χ2n) is 13.3. The van der Waals surface area contributed by atoms with Gasteiger partial charge in [0.15, 0.2) is 12.4 Å². The van der Waals surface area contributed by atoms with Gasteiger partial charge >= 0.3 is 5.97 Å². The van der Waals surface area contributed by atoms with E-state index in [2.05, 4.69) is 12.2 Å². The van der Waals surface area contributed by atoms with Gasteiger partial charge in [-0.3, -0.25) is 19.2 Å². The van der Waals surface area contributed by atoms with E-state index in [1.165, 1.54) is 0 Å². The van der Waals surface area contributed by atoms with Gasteiger partial charge in [-0.25, -0.2) is 0 Å². The van der Waals surface area contributed by atoms with Crippen molar-refractivity contribution in [3.8, 4) is 0 Å². The first kappa shape index (κ1) is 29.6. The molecular weight excluding hydrogens is 522 g/mol. The van der Waals surface area contributed by atoms with Crippen molar-refractivity contribution in [3.05, 3.63) is 47.5 Å². The van der Waals surface area contributed by atoms with Gasteiger partial charge in [-0.15, -0.1) is 0 Å². The largest absolute Gasteiger partial charge is 0.458 e. The average Bonchev–Trinajstić information content (AvgIpc) is 3.21. The van der Waals surface area contributed by atoms with Gasteiger partial charge in [-0.05, 0) is 80.3 Å². The molecule has 0 spiro atoms. The molecule has 8 heteroatoms. The van der Waals surface area contributed by atoms with Crippen LogP contribution in [0, 0.1) is 28.6 Å². The Morgan fingerprint density at radius 1 is 1.07 bits per heavy atom. The van der Waals surface area contributed by atoms with Crippen molar-refractivity contribution in [2.75, 3.05) is 6.61 Å². The highest BCUT2D eigenvalue weighted by atomic mass is 16.5. The maximum Gasteiger partial charge on any atom is 0.306 e. The van der Waals surface area contributed by atoms with Crippen LogP contribution in [0.4, 0.5) is 0 Å². The molecule has 0 unspecified atom stereocenters. The zero-order valence-corrected chi connectivity index (χ0v) is 24.4. The summed E-state index contributed by atoms with van der Waals surface area (Å²) in [6.45, 7) is 5.38. The maximum absolute atomic E-state index is 13.4. The fourth-order valence-electron chi connectivity index (χ4n) is 8.84. The molecule has 1 aromatic rings. The lowest BCUT2D eigenvalue weighted by Gasteiger charge is -2.60. The van der Waals surface area contributed by atoms with Crippen molar-refractivity contribution in [1.29, 1.82) is 0 Å². The highest BCUT2D eigenvalue weighted by Crippen LogP contribution is 2.67. The minimum atomic E-state index is -1.70. The van der Waals surface area contributed by atoms with Gasteiger partial charge in [-0.2, -0.15) is 0 Å². The van der Waals surface area contributed by atoms with E-state index in [4.69, 9.17) is 4.74 Å². The molecule has 3 fully saturated rings. The van der Waals surface area contributed by atoms with Crippen LogP contribution >= 0.6 is 0 Å². The Balaban J connectivity index is 1.18. The van der Waals surface area contributed by atoms with E-state index in [9.17, 15) is 29.4 Å². The monoisotopic (exact) mass is 565 g/mol. The van der Waals surface area contributed by atoms with Crippen LogP contribution in [-0.4, -0.2) is 52.0 Å². The molecule has 41 heavy (non-hydrogen) atoms. The Labute approximate surface area is 241 Å². The predicted octanol–water partition coefficient (Wildman–Crippen LogP) is 3.99. The summed E-state index contributed by atoms with van der Waals surface area (Å²) in [4.78, 5) is 50.3. The smallest absolute Gasteiger partial charge is 0.306 e. The van der Waals surface area contributed by atoms with E-state index in [-0.39, 0.29) is 66.6 Å². The molecular formula is C33H43NO7. The summed E-state index contributed by atoms with van der Waals surface area (Å²) in [7, 11) is 0. The summed E-state index contributed by atoms with van der Waals surface area (Å²) in [5.74, 6) is -1.17. The molecule has 0 radical (unpaired) electrons. The molecule has 0 saturated heterocycles. The molecule has 5 rings (SSSR count). The van der Waals surface area contributed by atoms with Crippen molar-refractivity contribution < 1.29 is 34.1 Å². The SMILES string of the molecule is C[C@@H](NC(=O)CCC(=O)OCC(=O)[C@@]1(O)CC[C@H]2[C@@H]3CCC4=CC(=O)CC[C@]4(C)[C@H]3[C@@H](O)C[C@@]21C)c1ccccc1. The number of ketones is 2. The Kier molecular flexibility index (Phi) is 8.03. The third kappa shape index (κ3) is 5.18. The van der Waals surface area contributed by atoms with Crippen molar-refractivity contribution in [2.24, 2.45) is 28.6 Å². The molecule has 0 aromatic heterocycles. The van der Waals surface area contributed by atoms with E-state index in [1.54, 1.807) is 6.08 Å². The number of Topliss-reactive ketones (excluding diaryl/α,β-unsaturated/α-hetero) is 1. The van der Waals surface area contributed by atoms with Gasteiger partial charge in [0.2, 0.25) is 11.7 Å². The minimum Gasteiger partial charge on any atom is -0.458 e. The van der Waals surface area contributed by atoms with E-state index in [0.29, 0.717) is 12.8 Å². The van der Waals surface area contributed by atoms with Crippen LogP contribution in [0.5, 0.6) is 0 Å². The van der Waals surface area contributed by atoms with E-state index in [0.717, 1.165) is 30.4 Å². The van der Waals surface area contributed by atoms with Gasteiger partial charge in [0.1, 0.15) is 5.60 Å². The molecule has 0 bridgehead atoms. The third-order valence-corrected chi connectivity index (χ3v) is 11.1. The number of aliphatic hydroxyl groups excluding tert-OH is 1. The number of esters is 1. The summed E-state index contributed by atoms with van der Waals surface area (Å²) >= 11 is 0. The normalized spacial score (nSPS) is 36.7. The van der Waals surface area contributed by atoms with Gasteiger partial charge < -0.3 is 20.3 Å². The van der Waals surface area contributed by atoms with Crippen LogP contribution in [0.2, 0.25) is 0 Å². The number of aliphatic hydroxyl groups is 2. The van der Waals surface area contributed by atoms with Gasteiger partial charge in [0, 0.05) is 18.3 Å². The topological polar surface area (TPSA) is 130 Å². The van der Waals surface area contributed by atoms with E-state index < -0.39 is 35.5 Å². The second kappa shape index (κ2) is 11.1. The number of carbonyl (C=O) groups is 4. The van der Waals surface area contributed by atoms with Crippen LogP contribution in [-0.2, 0) is 23.9 Å². The third-order valence-electron chi connectivity index (χ3n) is 11.1. The van der Waals surface area contributed by atoms with Crippen molar-refractivity contribution in [3.63, 3.8) is 0 Å². The van der Waals surface area contributed by atoms with E-state index >= 15 is 0 Å². The van der Waals surface area contributed by atoms with Crippen molar-refractivity contribution in [2.45, 2.75) is 96.3 Å². The van der Waals surface area contributed by atoms with Crippen molar-refractivity contribution >= 4 is 23.4 Å². The molecule has 4 aliphatic carbocycles. The first-order valence-electron chi connectivity index (χ1n) is 15.1. The Morgan fingerprint density at radius 3 is 2.54 bits per heavy atom. The molecule has 1 amide bonds. The number of hydrogen-bond donors (Lipinski definition) is 3. The van der Waals surface area contributed by atoms with Crippen molar-refractivity contribution in [1.82, 2.24) is 5.32 Å². The lowest BCUT2D eigenvalue weighted by molar-refractivity contribution is -0.184. The van der Waals surface area contributed by atoms with Crippen LogP contribution in [0.25, 0.3) is 0 Å². The van der Waals surface area contributed by atoms with Crippen LogP contribution in [0.1, 0.15) is 90.2 Å². The van der Waals surface area contributed by atoms with Gasteiger partial charge in [0.25, 0.3) is 0 Å². The molecule has 1 aromatic carbocycles. The minimum absolute atomic E-state index is 0.0142. The molecule has 4 aliphatic rings. The average molecular weight is 566 g/mol. The van der Waals surface area contributed by atoms with Crippen LogP contribution < -0.4 is 5.32 Å². The Morgan fingerprint density at radius 2 is 1.80 bits per heavy atom. The summed E-state index contributed by atoms with van der Waals surface area (Å²) in [5, 5.41) is 26.2. The number of rotatable bonds is 8. The highest BCUT2D eigenvalue weighted by molar-refractivity contribution is 5.92. The Bertz CT molecular complexity index is 1240. The lowest BCUT2D eigenvalue weighted by Crippen LogP contribution is -2.62. The number of hydrogen-bond acceptors (Lipinski definition) is 7. The van der Waals surface area contributed by atoms with Crippen LogP contribution in [0.15, 0.2) is 42.0 Å². The molecule has 0 heterocycles.